The number of para-hydroxylation sites is 1. The highest BCUT2D eigenvalue weighted by molar-refractivity contribution is 5.96. The summed E-state index contributed by atoms with van der Waals surface area (Å²) in [5.41, 5.74) is 4.28. The van der Waals surface area contributed by atoms with Gasteiger partial charge in [-0.15, -0.1) is 0 Å². The van der Waals surface area contributed by atoms with Crippen molar-refractivity contribution in [2.45, 2.75) is 51.9 Å². The van der Waals surface area contributed by atoms with Crippen LogP contribution in [0.5, 0.6) is 0 Å². The largest absolute Gasteiger partial charge is 0.358 e. The molecule has 2 saturated heterocycles. The van der Waals surface area contributed by atoms with E-state index in [1.807, 2.05) is 0 Å². The number of fused-ring (bicyclic) bond motifs is 1. The van der Waals surface area contributed by atoms with Crippen molar-refractivity contribution in [2.24, 2.45) is 5.92 Å². The Labute approximate surface area is 206 Å². The van der Waals surface area contributed by atoms with Gasteiger partial charge in [0.05, 0.1) is 5.56 Å². The molecule has 2 aliphatic rings. The van der Waals surface area contributed by atoms with Crippen LogP contribution in [0.2, 0.25) is 0 Å². The van der Waals surface area contributed by atoms with Crippen LogP contribution in [0.3, 0.4) is 0 Å². The van der Waals surface area contributed by atoms with Crippen molar-refractivity contribution >= 4 is 22.6 Å². The van der Waals surface area contributed by atoms with Gasteiger partial charge in [0.15, 0.2) is 12.1 Å². The third-order valence-corrected chi connectivity index (χ3v) is 7.16. The number of piperidine rings is 1. The van der Waals surface area contributed by atoms with Gasteiger partial charge in [0.25, 0.3) is 0 Å². The summed E-state index contributed by atoms with van der Waals surface area (Å²) in [7, 11) is 0. The number of aromatic nitrogens is 3. The average molecular weight is 478 g/mol. The molecule has 1 unspecified atom stereocenters. The first-order chi connectivity index (χ1) is 17.2. The highest BCUT2D eigenvalue weighted by Gasteiger charge is 2.22. The zero-order valence-corrected chi connectivity index (χ0v) is 20.5. The maximum Gasteiger partial charge on any atom is 0.225 e. The molecule has 8 heteroatoms. The lowest BCUT2D eigenvalue weighted by molar-refractivity contribution is -0.155. The molecule has 35 heavy (non-hydrogen) atoms. The van der Waals surface area contributed by atoms with Crippen LogP contribution in [-0.2, 0) is 16.0 Å². The molecule has 2 aromatic heterocycles. The molecule has 2 aliphatic heterocycles. The van der Waals surface area contributed by atoms with Gasteiger partial charge in [-0.25, -0.2) is 9.97 Å². The fourth-order valence-corrected chi connectivity index (χ4v) is 5.02. The van der Waals surface area contributed by atoms with Crippen LogP contribution in [0, 0.1) is 12.8 Å². The molecule has 8 nitrogen and oxygen atoms in total. The molecule has 2 N–H and O–H groups in total. The summed E-state index contributed by atoms with van der Waals surface area (Å²) in [5, 5.41) is 4.98. The number of hydrogen-bond donors (Lipinski definition) is 2. The standard InChI is InChI=1S/C27H35N5O3/c1-19-23(22-6-2-3-7-24(22)31-19)17-28-14-20-9-11-32(12-10-20)27-29-15-21(16-30-27)25(33)18-35-26-8-4-5-13-34-26/h2-3,6-7,15-16,20,26,28,31H,4-5,8-14,17-18H2,1H3. The van der Waals surface area contributed by atoms with E-state index in [4.69, 9.17) is 9.47 Å². The monoisotopic (exact) mass is 477 g/mol. The van der Waals surface area contributed by atoms with Crippen molar-refractivity contribution in [1.29, 1.82) is 0 Å². The van der Waals surface area contributed by atoms with Gasteiger partial charge < -0.3 is 24.7 Å². The second-order valence-electron chi connectivity index (χ2n) is 9.64. The summed E-state index contributed by atoms with van der Waals surface area (Å²) in [4.78, 5) is 27.0. The maximum atomic E-state index is 12.4. The molecule has 4 heterocycles. The third-order valence-electron chi connectivity index (χ3n) is 7.16. The summed E-state index contributed by atoms with van der Waals surface area (Å²) in [6, 6.07) is 8.48. The van der Waals surface area contributed by atoms with E-state index in [1.54, 1.807) is 12.4 Å². The van der Waals surface area contributed by atoms with E-state index in [-0.39, 0.29) is 18.7 Å². The Kier molecular flexibility index (Phi) is 7.71. The molecule has 2 fully saturated rings. The number of aryl methyl sites for hydroxylation is 1. The number of benzene rings is 1. The number of nitrogens with zero attached hydrogens (tertiary/aromatic N) is 3. The van der Waals surface area contributed by atoms with Gasteiger partial charge in [0, 0.05) is 55.2 Å². The topological polar surface area (TPSA) is 92.4 Å². The summed E-state index contributed by atoms with van der Waals surface area (Å²) < 4.78 is 11.1. The molecule has 186 valence electrons. The minimum atomic E-state index is -0.268. The van der Waals surface area contributed by atoms with E-state index in [0.717, 1.165) is 58.3 Å². The first-order valence-corrected chi connectivity index (χ1v) is 12.8. The predicted octanol–water partition coefficient (Wildman–Crippen LogP) is 4.00. The Bertz CT molecular complexity index is 1120. The average Bonchev–Trinajstić information content (AvgIpc) is 3.23. The van der Waals surface area contributed by atoms with Crippen molar-refractivity contribution in [3.8, 4) is 0 Å². The van der Waals surface area contributed by atoms with Crippen LogP contribution in [0.4, 0.5) is 5.95 Å². The Balaban J connectivity index is 1.05. The van der Waals surface area contributed by atoms with Gasteiger partial charge in [0.2, 0.25) is 5.95 Å². The van der Waals surface area contributed by atoms with Gasteiger partial charge >= 0.3 is 0 Å². The van der Waals surface area contributed by atoms with Crippen LogP contribution in [-0.4, -0.2) is 59.9 Å². The minimum absolute atomic E-state index is 0.00381. The number of H-pyrrole nitrogens is 1. The van der Waals surface area contributed by atoms with E-state index in [9.17, 15) is 4.79 Å². The van der Waals surface area contributed by atoms with Crippen molar-refractivity contribution in [3.05, 3.63) is 53.5 Å². The van der Waals surface area contributed by atoms with E-state index < -0.39 is 0 Å². The van der Waals surface area contributed by atoms with Crippen molar-refractivity contribution in [1.82, 2.24) is 20.3 Å². The number of hydrogen-bond acceptors (Lipinski definition) is 7. The highest BCUT2D eigenvalue weighted by atomic mass is 16.7. The van der Waals surface area contributed by atoms with E-state index in [0.29, 0.717) is 24.0 Å². The molecule has 0 radical (unpaired) electrons. The normalized spacial score (nSPS) is 19.3. The third kappa shape index (κ3) is 5.89. The van der Waals surface area contributed by atoms with Gasteiger partial charge in [-0.05, 0) is 63.1 Å². The lowest BCUT2D eigenvalue weighted by Crippen LogP contribution is -2.38. The number of ether oxygens (including phenoxy) is 2. The number of ketones is 1. The number of rotatable bonds is 9. The van der Waals surface area contributed by atoms with Crippen molar-refractivity contribution in [3.63, 3.8) is 0 Å². The molecule has 0 aliphatic carbocycles. The first kappa shape index (κ1) is 23.9. The number of nitrogens with one attached hydrogen (secondary N) is 2. The fraction of sp³-hybridized carbons (Fsp3) is 0.519. The summed E-state index contributed by atoms with van der Waals surface area (Å²) >= 11 is 0. The number of Topliss-reactive ketones (excluding diaryl/α,β-unsaturated/α-hetero) is 1. The van der Waals surface area contributed by atoms with E-state index in [1.165, 1.54) is 22.2 Å². The molecular weight excluding hydrogens is 442 g/mol. The predicted molar refractivity (Wildman–Crippen MR) is 136 cm³/mol. The molecule has 1 atom stereocenters. The first-order valence-electron chi connectivity index (χ1n) is 12.8. The molecular formula is C27H35N5O3. The Morgan fingerprint density at radius 3 is 2.74 bits per heavy atom. The second kappa shape index (κ2) is 11.3. The maximum absolute atomic E-state index is 12.4. The van der Waals surface area contributed by atoms with Crippen LogP contribution < -0.4 is 10.2 Å². The summed E-state index contributed by atoms with van der Waals surface area (Å²) in [5.74, 6) is 1.22. The quantitative estimate of drug-likeness (QED) is 0.450. The van der Waals surface area contributed by atoms with E-state index in [2.05, 4.69) is 56.4 Å². The molecule has 0 bridgehead atoms. The van der Waals surface area contributed by atoms with Gasteiger partial charge in [-0.2, -0.15) is 0 Å². The molecule has 5 rings (SSSR count). The second-order valence-corrected chi connectivity index (χ2v) is 9.64. The zero-order valence-electron chi connectivity index (χ0n) is 20.5. The zero-order chi connectivity index (χ0) is 24.0. The minimum Gasteiger partial charge on any atom is -0.358 e. The number of anilines is 1. The van der Waals surface area contributed by atoms with Gasteiger partial charge in [0.1, 0.15) is 6.61 Å². The van der Waals surface area contributed by atoms with Crippen molar-refractivity contribution < 1.29 is 14.3 Å². The molecule has 0 saturated carbocycles. The molecule has 0 spiro atoms. The fourth-order valence-electron chi connectivity index (χ4n) is 5.02. The summed E-state index contributed by atoms with van der Waals surface area (Å²) in [6.45, 7) is 6.59. The lowest BCUT2D eigenvalue weighted by Gasteiger charge is -2.32. The highest BCUT2D eigenvalue weighted by Crippen LogP contribution is 2.23. The van der Waals surface area contributed by atoms with Crippen LogP contribution in [0.15, 0.2) is 36.7 Å². The number of carbonyl (C=O) groups excluding carboxylic acids is 1. The Morgan fingerprint density at radius 1 is 1.17 bits per heavy atom. The van der Waals surface area contributed by atoms with Crippen LogP contribution in [0.1, 0.15) is 53.7 Å². The van der Waals surface area contributed by atoms with Gasteiger partial charge in [-0.3, -0.25) is 4.79 Å². The van der Waals surface area contributed by atoms with Gasteiger partial charge in [-0.1, -0.05) is 18.2 Å². The molecule has 1 aromatic carbocycles. The number of aromatic amines is 1. The summed E-state index contributed by atoms with van der Waals surface area (Å²) in [6.07, 6.45) is 8.14. The molecule has 3 aromatic rings. The number of carbonyl (C=O) groups is 1. The van der Waals surface area contributed by atoms with Crippen molar-refractivity contribution in [2.75, 3.05) is 37.7 Å². The Hall–Kier alpha value is -2.81. The lowest BCUT2D eigenvalue weighted by atomic mass is 9.97. The molecule has 0 amide bonds. The Morgan fingerprint density at radius 2 is 1.97 bits per heavy atom. The van der Waals surface area contributed by atoms with Crippen LogP contribution in [0.25, 0.3) is 10.9 Å². The van der Waals surface area contributed by atoms with E-state index >= 15 is 0 Å². The van der Waals surface area contributed by atoms with Crippen LogP contribution >= 0.6 is 0 Å². The SMILES string of the molecule is Cc1[nH]c2ccccc2c1CNCC1CCN(c2ncc(C(=O)COC3CCCCO3)cn2)CC1. The smallest absolute Gasteiger partial charge is 0.225 e.